The van der Waals surface area contributed by atoms with Gasteiger partial charge in [-0.05, 0) is 72.9 Å². The molecule has 2 saturated carbocycles. The Morgan fingerprint density at radius 2 is 1.82 bits per heavy atom. The summed E-state index contributed by atoms with van der Waals surface area (Å²) in [5, 5.41) is 4.14. The number of carbonyl (C=O) groups excluding carboxylic acids is 1. The van der Waals surface area contributed by atoms with Crippen molar-refractivity contribution in [1.82, 2.24) is 4.57 Å². The Morgan fingerprint density at radius 1 is 1.03 bits per heavy atom. The quantitative estimate of drug-likeness (QED) is 0.502. The van der Waals surface area contributed by atoms with E-state index in [2.05, 4.69) is 10.1 Å². The first-order chi connectivity index (χ1) is 16.2. The summed E-state index contributed by atoms with van der Waals surface area (Å²) in [7, 11) is 0. The minimum atomic E-state index is -4.75. The van der Waals surface area contributed by atoms with Gasteiger partial charge in [-0.3, -0.25) is 9.59 Å². The second kappa shape index (κ2) is 8.81. The van der Waals surface area contributed by atoms with E-state index in [-0.39, 0.29) is 23.8 Å². The van der Waals surface area contributed by atoms with Crippen LogP contribution in [0.4, 0.5) is 18.9 Å². The normalized spacial score (nSPS) is 21.7. The van der Waals surface area contributed by atoms with Gasteiger partial charge in [0.15, 0.2) is 0 Å². The van der Waals surface area contributed by atoms with Crippen LogP contribution in [0.1, 0.15) is 37.7 Å². The predicted molar refractivity (Wildman–Crippen MR) is 123 cm³/mol. The molecule has 34 heavy (non-hydrogen) atoms. The van der Waals surface area contributed by atoms with Gasteiger partial charge in [0.05, 0.1) is 6.54 Å². The minimum absolute atomic E-state index is 0.0182. The molecule has 178 valence electrons. The van der Waals surface area contributed by atoms with Crippen molar-refractivity contribution in [1.29, 1.82) is 0 Å². The van der Waals surface area contributed by atoms with Crippen molar-refractivity contribution in [2.75, 3.05) is 5.32 Å². The molecule has 2 aliphatic rings. The fraction of sp³-hybridized carbons (Fsp3) is 0.385. The number of rotatable bonds is 6. The van der Waals surface area contributed by atoms with E-state index in [1.807, 2.05) is 0 Å². The molecule has 5 rings (SSSR count). The van der Waals surface area contributed by atoms with E-state index >= 15 is 0 Å². The van der Waals surface area contributed by atoms with Crippen LogP contribution in [-0.4, -0.2) is 16.8 Å². The maximum atomic E-state index is 13.1. The molecule has 0 spiro atoms. The molecule has 2 bridgehead atoms. The van der Waals surface area contributed by atoms with E-state index in [1.54, 1.807) is 30.5 Å². The van der Waals surface area contributed by atoms with Crippen LogP contribution < -0.4 is 15.6 Å². The number of hydrogen-bond donors (Lipinski definition) is 1. The third-order valence-corrected chi connectivity index (χ3v) is 7.13. The number of aromatic nitrogens is 1. The van der Waals surface area contributed by atoms with Gasteiger partial charge in [0, 0.05) is 29.1 Å². The highest BCUT2D eigenvalue weighted by atomic mass is 19.4. The molecule has 5 nitrogen and oxygen atoms in total. The number of pyridine rings is 1. The second-order valence-corrected chi connectivity index (χ2v) is 9.39. The van der Waals surface area contributed by atoms with Gasteiger partial charge < -0.3 is 14.6 Å². The fourth-order valence-electron chi connectivity index (χ4n) is 5.61. The lowest BCUT2D eigenvalue weighted by Crippen LogP contribution is -2.22. The van der Waals surface area contributed by atoms with Crippen molar-refractivity contribution in [3.05, 3.63) is 70.6 Å². The Kier molecular flexibility index (Phi) is 5.83. The molecule has 8 heteroatoms. The lowest BCUT2D eigenvalue weighted by Gasteiger charge is -2.21. The summed E-state index contributed by atoms with van der Waals surface area (Å²) in [5.41, 5.74) is 1.03. The number of ether oxygens (including phenoxy) is 1. The number of alkyl halides is 3. The maximum absolute atomic E-state index is 13.1. The molecule has 2 unspecified atom stereocenters. The van der Waals surface area contributed by atoms with E-state index in [9.17, 15) is 22.8 Å². The van der Waals surface area contributed by atoms with Gasteiger partial charge in [0.1, 0.15) is 5.75 Å². The van der Waals surface area contributed by atoms with Gasteiger partial charge >= 0.3 is 6.36 Å². The molecule has 2 aromatic carbocycles. The molecule has 3 atom stereocenters. The van der Waals surface area contributed by atoms with Crippen LogP contribution in [0.2, 0.25) is 0 Å². The van der Waals surface area contributed by atoms with E-state index in [4.69, 9.17) is 0 Å². The predicted octanol–water partition coefficient (Wildman–Crippen LogP) is 5.71. The number of nitrogens with one attached hydrogen (secondary N) is 1. The van der Waals surface area contributed by atoms with Crippen LogP contribution in [0.15, 0.2) is 59.5 Å². The molecule has 1 amide bonds. The molecule has 3 aromatic rings. The van der Waals surface area contributed by atoms with Crippen molar-refractivity contribution < 1.29 is 22.7 Å². The summed E-state index contributed by atoms with van der Waals surface area (Å²) in [5.74, 6) is 1.58. The molecule has 1 N–H and O–H groups in total. The van der Waals surface area contributed by atoms with Crippen molar-refractivity contribution in [2.24, 2.45) is 17.8 Å². The highest BCUT2D eigenvalue weighted by molar-refractivity contribution is 6.01. The molecule has 2 fully saturated rings. The lowest BCUT2D eigenvalue weighted by atomic mass is 9.86. The van der Waals surface area contributed by atoms with E-state index in [1.165, 1.54) is 48.1 Å². The first-order valence-electron chi connectivity index (χ1n) is 11.5. The Labute approximate surface area is 194 Å². The van der Waals surface area contributed by atoms with Gasteiger partial charge in [-0.15, -0.1) is 13.2 Å². The largest absolute Gasteiger partial charge is 0.573 e. The Morgan fingerprint density at radius 3 is 2.50 bits per heavy atom. The fourth-order valence-corrected chi connectivity index (χ4v) is 5.61. The average Bonchev–Trinajstić information content (AvgIpc) is 3.39. The smallest absolute Gasteiger partial charge is 0.406 e. The third-order valence-electron chi connectivity index (χ3n) is 7.13. The zero-order valence-corrected chi connectivity index (χ0v) is 18.5. The minimum Gasteiger partial charge on any atom is -0.406 e. The zero-order valence-electron chi connectivity index (χ0n) is 18.5. The first-order valence-corrected chi connectivity index (χ1v) is 11.5. The number of anilines is 1. The van der Waals surface area contributed by atoms with E-state index in [0.717, 1.165) is 12.3 Å². The molecular weight excluding hydrogens is 445 g/mol. The van der Waals surface area contributed by atoms with E-state index in [0.29, 0.717) is 40.3 Å². The van der Waals surface area contributed by atoms with Crippen LogP contribution in [0.25, 0.3) is 10.8 Å². The average molecular weight is 470 g/mol. The van der Waals surface area contributed by atoms with Gasteiger partial charge in [0.25, 0.3) is 5.56 Å². The van der Waals surface area contributed by atoms with Gasteiger partial charge in [-0.1, -0.05) is 24.6 Å². The molecule has 2 aliphatic carbocycles. The number of hydrogen-bond acceptors (Lipinski definition) is 3. The van der Waals surface area contributed by atoms with Crippen molar-refractivity contribution >= 4 is 22.4 Å². The van der Waals surface area contributed by atoms with Gasteiger partial charge in [-0.25, -0.2) is 0 Å². The Bertz CT molecular complexity index is 1270. The number of amides is 1. The number of fused-ring (bicyclic) bond motifs is 3. The highest BCUT2D eigenvalue weighted by Gasteiger charge is 2.40. The highest BCUT2D eigenvalue weighted by Crippen LogP contribution is 2.49. The van der Waals surface area contributed by atoms with Crippen molar-refractivity contribution in [3.63, 3.8) is 0 Å². The number of nitrogens with zero attached hydrogens (tertiary/aromatic N) is 1. The summed E-state index contributed by atoms with van der Waals surface area (Å²) in [6.45, 7) is 0.196. The van der Waals surface area contributed by atoms with Crippen LogP contribution in [0, 0.1) is 17.8 Å². The Balaban J connectivity index is 1.31. The van der Waals surface area contributed by atoms with Crippen molar-refractivity contribution in [2.45, 2.75) is 45.0 Å². The summed E-state index contributed by atoms with van der Waals surface area (Å²) >= 11 is 0. The molecular formula is C26H25F3N2O3. The summed E-state index contributed by atoms with van der Waals surface area (Å²) in [4.78, 5) is 25.8. The summed E-state index contributed by atoms with van der Waals surface area (Å²) < 4.78 is 42.4. The number of carbonyl (C=O) groups is 1. The second-order valence-electron chi connectivity index (χ2n) is 9.39. The van der Waals surface area contributed by atoms with Crippen LogP contribution in [-0.2, 0) is 11.3 Å². The summed E-state index contributed by atoms with van der Waals surface area (Å²) in [6.07, 6.45) is 2.32. The van der Waals surface area contributed by atoms with Gasteiger partial charge in [-0.2, -0.15) is 0 Å². The summed E-state index contributed by atoms with van der Waals surface area (Å²) in [6, 6.07) is 12.4. The molecule has 0 aliphatic heterocycles. The maximum Gasteiger partial charge on any atom is 0.573 e. The first kappa shape index (κ1) is 22.5. The zero-order chi connectivity index (χ0) is 23.9. The molecule has 1 aromatic heterocycles. The topological polar surface area (TPSA) is 60.3 Å². The molecule has 1 heterocycles. The van der Waals surface area contributed by atoms with Crippen LogP contribution >= 0.6 is 0 Å². The number of benzene rings is 2. The van der Waals surface area contributed by atoms with E-state index < -0.39 is 6.36 Å². The Hall–Kier alpha value is -3.29. The van der Waals surface area contributed by atoms with Crippen LogP contribution in [0.3, 0.4) is 0 Å². The molecule has 0 radical (unpaired) electrons. The SMILES string of the molecule is O=C(CC1CC2CC[C@@H]1C2)Nc1cccc2c(=O)n(Cc3ccc(OC(F)(F)F)cc3)ccc12. The van der Waals surface area contributed by atoms with Crippen molar-refractivity contribution in [3.8, 4) is 5.75 Å². The van der Waals surface area contributed by atoms with Crippen LogP contribution in [0.5, 0.6) is 5.75 Å². The molecule has 0 saturated heterocycles. The van der Waals surface area contributed by atoms with Gasteiger partial charge in [0.2, 0.25) is 5.91 Å². The monoisotopic (exact) mass is 470 g/mol. The lowest BCUT2D eigenvalue weighted by molar-refractivity contribution is -0.274. The number of halogens is 3. The third kappa shape index (κ3) is 4.81. The standard InChI is InChI=1S/C26H25F3N2O3/c27-26(28,29)34-20-8-5-16(6-9-20)15-31-11-10-21-22(25(31)33)2-1-3-23(21)30-24(32)14-19-13-17-4-7-18(19)12-17/h1-3,5-6,8-11,17-19H,4,7,12-15H2,(H,30,32)/t17?,18-,19?/m1/s1.